The smallest absolute Gasteiger partial charge is 0.292 e. The summed E-state index contributed by atoms with van der Waals surface area (Å²) in [6.07, 6.45) is 1.22. The third kappa shape index (κ3) is 3.00. The van der Waals surface area contributed by atoms with E-state index in [9.17, 15) is 0 Å². The van der Waals surface area contributed by atoms with Crippen LogP contribution in [-0.2, 0) is 6.42 Å². The predicted octanol–water partition coefficient (Wildman–Crippen LogP) is 3.57. The number of benzene rings is 1. The summed E-state index contributed by atoms with van der Waals surface area (Å²) < 4.78 is 5.31. The van der Waals surface area contributed by atoms with Crippen molar-refractivity contribution in [2.45, 2.75) is 12.8 Å². The minimum Gasteiger partial charge on any atom is -0.432 e. The summed E-state index contributed by atoms with van der Waals surface area (Å²) in [6, 6.07) is 7.29. The first kappa shape index (κ1) is 12.4. The second kappa shape index (κ2) is 5.54. The van der Waals surface area contributed by atoms with Gasteiger partial charge < -0.3 is 9.52 Å². The Labute approximate surface area is 109 Å². The first-order chi connectivity index (χ1) is 8.20. The van der Waals surface area contributed by atoms with Crippen LogP contribution < -0.4 is 0 Å². The summed E-state index contributed by atoms with van der Waals surface area (Å²) in [4.78, 5) is 4.14. The number of nitrogens with zero attached hydrogens (tertiary/aromatic N) is 1. The highest BCUT2D eigenvalue weighted by atomic mass is 35.5. The summed E-state index contributed by atoms with van der Waals surface area (Å²) >= 11 is 11.6. The fourth-order valence-corrected chi connectivity index (χ4v) is 1.87. The highest BCUT2D eigenvalue weighted by molar-refractivity contribution is 6.30. The van der Waals surface area contributed by atoms with Gasteiger partial charge in [-0.15, -0.1) is 0 Å². The molecule has 3 nitrogen and oxygen atoms in total. The Bertz CT molecular complexity index is 494. The lowest BCUT2D eigenvalue weighted by molar-refractivity contribution is 0.284. The molecule has 1 heterocycles. The van der Waals surface area contributed by atoms with Gasteiger partial charge in [0.2, 0.25) is 0 Å². The third-order valence-corrected chi connectivity index (χ3v) is 2.76. The van der Waals surface area contributed by atoms with Crippen molar-refractivity contribution in [3.8, 4) is 11.3 Å². The average Bonchev–Trinajstić information content (AvgIpc) is 2.69. The molecular formula is C12H11Cl2NO2. The summed E-state index contributed by atoms with van der Waals surface area (Å²) in [5.74, 6) is 0.686. The van der Waals surface area contributed by atoms with Crippen LogP contribution in [-0.4, -0.2) is 16.7 Å². The summed E-state index contributed by atoms with van der Waals surface area (Å²) in [7, 11) is 0. The second-order valence-corrected chi connectivity index (χ2v) is 4.33. The van der Waals surface area contributed by atoms with Crippen molar-refractivity contribution in [2.24, 2.45) is 0 Å². The summed E-state index contributed by atoms with van der Waals surface area (Å²) in [5.41, 5.74) is 1.61. The zero-order valence-electron chi connectivity index (χ0n) is 8.99. The Morgan fingerprint density at radius 3 is 2.53 bits per heavy atom. The van der Waals surface area contributed by atoms with Crippen LogP contribution in [0.4, 0.5) is 0 Å². The molecule has 90 valence electrons. The van der Waals surface area contributed by atoms with Crippen molar-refractivity contribution in [3.05, 3.63) is 40.4 Å². The lowest BCUT2D eigenvalue weighted by atomic mass is 10.1. The van der Waals surface area contributed by atoms with E-state index in [1.807, 2.05) is 12.1 Å². The number of aliphatic hydroxyl groups is 1. The molecule has 0 atom stereocenters. The van der Waals surface area contributed by atoms with E-state index < -0.39 is 0 Å². The van der Waals surface area contributed by atoms with Crippen molar-refractivity contribution in [1.29, 1.82) is 0 Å². The number of hydrogen-bond acceptors (Lipinski definition) is 3. The average molecular weight is 272 g/mol. The lowest BCUT2D eigenvalue weighted by Crippen LogP contribution is -1.90. The zero-order valence-corrected chi connectivity index (χ0v) is 10.5. The van der Waals surface area contributed by atoms with Gasteiger partial charge in [-0.25, -0.2) is 0 Å². The number of oxazole rings is 1. The highest BCUT2D eigenvalue weighted by Crippen LogP contribution is 2.28. The second-order valence-electron chi connectivity index (χ2n) is 3.57. The topological polar surface area (TPSA) is 46.3 Å². The van der Waals surface area contributed by atoms with E-state index in [-0.39, 0.29) is 12.0 Å². The van der Waals surface area contributed by atoms with Crippen LogP contribution in [0.2, 0.25) is 10.4 Å². The molecule has 0 aliphatic rings. The van der Waals surface area contributed by atoms with Crippen molar-refractivity contribution in [1.82, 2.24) is 4.98 Å². The monoisotopic (exact) mass is 271 g/mol. The maximum Gasteiger partial charge on any atom is 0.292 e. The predicted molar refractivity (Wildman–Crippen MR) is 67.4 cm³/mol. The van der Waals surface area contributed by atoms with Crippen molar-refractivity contribution >= 4 is 23.2 Å². The van der Waals surface area contributed by atoms with Gasteiger partial charge in [-0.2, -0.15) is 4.98 Å². The molecule has 0 unspecified atom stereocenters. The Morgan fingerprint density at radius 1 is 1.18 bits per heavy atom. The van der Waals surface area contributed by atoms with Crippen molar-refractivity contribution in [3.63, 3.8) is 0 Å². The van der Waals surface area contributed by atoms with Crippen LogP contribution in [0.5, 0.6) is 0 Å². The van der Waals surface area contributed by atoms with Gasteiger partial charge in [-0.05, 0) is 30.2 Å². The van der Waals surface area contributed by atoms with E-state index in [0.717, 1.165) is 5.56 Å². The van der Waals surface area contributed by atoms with Crippen LogP contribution in [0.15, 0.2) is 28.7 Å². The fraction of sp³-hybridized carbons (Fsp3) is 0.250. The normalized spacial score (nSPS) is 10.8. The van der Waals surface area contributed by atoms with E-state index in [4.69, 9.17) is 32.7 Å². The molecule has 0 radical (unpaired) electrons. The molecule has 0 bridgehead atoms. The summed E-state index contributed by atoms with van der Waals surface area (Å²) in [5, 5.41) is 9.60. The quantitative estimate of drug-likeness (QED) is 0.925. The molecule has 17 heavy (non-hydrogen) atoms. The van der Waals surface area contributed by atoms with E-state index in [1.54, 1.807) is 12.1 Å². The van der Waals surface area contributed by atoms with Crippen molar-refractivity contribution in [2.75, 3.05) is 6.61 Å². The molecule has 0 fully saturated rings. The van der Waals surface area contributed by atoms with Gasteiger partial charge in [0.1, 0.15) is 11.5 Å². The van der Waals surface area contributed by atoms with E-state index in [0.29, 0.717) is 29.3 Å². The first-order valence-corrected chi connectivity index (χ1v) is 5.98. The number of rotatable bonds is 4. The number of halogens is 2. The fourth-order valence-electron chi connectivity index (χ4n) is 1.57. The molecule has 0 saturated carbocycles. The van der Waals surface area contributed by atoms with Gasteiger partial charge in [0.05, 0.1) is 0 Å². The minimum absolute atomic E-state index is 0.110. The molecule has 0 aliphatic heterocycles. The standard InChI is InChI=1S/C12H11Cl2NO2/c13-9-5-3-8(4-6-9)11-10(2-1-7-16)17-12(14)15-11/h3-6,16H,1-2,7H2. The molecule has 0 spiro atoms. The number of aryl methyl sites for hydroxylation is 1. The molecule has 0 amide bonds. The van der Waals surface area contributed by atoms with Gasteiger partial charge >= 0.3 is 0 Å². The molecular weight excluding hydrogens is 261 g/mol. The Balaban J connectivity index is 2.33. The lowest BCUT2D eigenvalue weighted by Gasteiger charge is -2.00. The van der Waals surface area contributed by atoms with Gasteiger partial charge in [-0.1, -0.05) is 23.7 Å². The molecule has 2 aromatic rings. The molecule has 0 aliphatic carbocycles. The molecule has 0 saturated heterocycles. The van der Waals surface area contributed by atoms with E-state index in [2.05, 4.69) is 4.98 Å². The maximum atomic E-state index is 8.82. The Morgan fingerprint density at radius 2 is 1.88 bits per heavy atom. The molecule has 1 aromatic carbocycles. The molecule has 5 heteroatoms. The van der Waals surface area contributed by atoms with Crippen LogP contribution in [0, 0.1) is 0 Å². The first-order valence-electron chi connectivity index (χ1n) is 5.22. The number of hydrogen-bond donors (Lipinski definition) is 1. The highest BCUT2D eigenvalue weighted by Gasteiger charge is 2.13. The van der Waals surface area contributed by atoms with Crippen LogP contribution in [0.3, 0.4) is 0 Å². The number of aromatic nitrogens is 1. The Kier molecular flexibility index (Phi) is 4.05. The summed E-state index contributed by atoms with van der Waals surface area (Å²) in [6.45, 7) is 0.110. The van der Waals surface area contributed by atoms with Gasteiger partial charge in [0.25, 0.3) is 5.35 Å². The van der Waals surface area contributed by atoms with Crippen LogP contribution >= 0.6 is 23.2 Å². The maximum absolute atomic E-state index is 8.82. The van der Waals surface area contributed by atoms with Gasteiger partial charge in [0, 0.05) is 23.6 Å². The van der Waals surface area contributed by atoms with Gasteiger partial charge in [0.15, 0.2) is 0 Å². The van der Waals surface area contributed by atoms with Crippen LogP contribution in [0.1, 0.15) is 12.2 Å². The largest absolute Gasteiger partial charge is 0.432 e. The number of aliphatic hydroxyl groups excluding tert-OH is 1. The van der Waals surface area contributed by atoms with Crippen LogP contribution in [0.25, 0.3) is 11.3 Å². The SMILES string of the molecule is OCCCc1oc(Cl)nc1-c1ccc(Cl)cc1. The van der Waals surface area contributed by atoms with E-state index >= 15 is 0 Å². The van der Waals surface area contributed by atoms with Gasteiger partial charge in [-0.3, -0.25) is 0 Å². The minimum atomic E-state index is 0.110. The third-order valence-electron chi connectivity index (χ3n) is 2.35. The molecule has 2 rings (SSSR count). The molecule has 1 N–H and O–H groups in total. The Hall–Kier alpha value is -1.03. The van der Waals surface area contributed by atoms with Crippen molar-refractivity contribution < 1.29 is 9.52 Å². The molecule has 1 aromatic heterocycles. The zero-order chi connectivity index (χ0) is 12.3. The van der Waals surface area contributed by atoms with E-state index in [1.165, 1.54) is 0 Å².